The van der Waals surface area contributed by atoms with Crippen LogP contribution in [0.4, 0.5) is 6.01 Å². The molecule has 0 atom stereocenters. The lowest BCUT2D eigenvalue weighted by molar-refractivity contribution is 0.552. The van der Waals surface area contributed by atoms with Crippen molar-refractivity contribution in [2.45, 2.75) is 13.0 Å². The molecule has 5 heteroatoms. The fourth-order valence-corrected chi connectivity index (χ4v) is 4.22. The van der Waals surface area contributed by atoms with Crippen molar-refractivity contribution < 1.29 is 4.42 Å². The topological polar surface area (TPSA) is 47.1 Å². The summed E-state index contributed by atoms with van der Waals surface area (Å²) in [5, 5.41) is 1.24. The number of aromatic nitrogens is 3. The fourth-order valence-electron chi connectivity index (χ4n) is 4.22. The van der Waals surface area contributed by atoms with E-state index in [1.807, 2.05) is 18.3 Å². The van der Waals surface area contributed by atoms with Gasteiger partial charge in [-0.2, -0.15) is 4.98 Å². The van der Waals surface area contributed by atoms with Crippen LogP contribution in [-0.4, -0.2) is 21.1 Å². The maximum atomic E-state index is 6.08. The molecule has 0 saturated carbocycles. The van der Waals surface area contributed by atoms with Crippen molar-refractivity contribution in [2.24, 2.45) is 7.05 Å². The summed E-state index contributed by atoms with van der Waals surface area (Å²) < 4.78 is 8.22. The van der Waals surface area contributed by atoms with Crippen molar-refractivity contribution in [1.82, 2.24) is 14.5 Å². The zero-order valence-corrected chi connectivity index (χ0v) is 16.2. The van der Waals surface area contributed by atoms with Crippen LogP contribution in [0.1, 0.15) is 11.3 Å². The highest BCUT2D eigenvalue weighted by Gasteiger charge is 2.21. The first-order valence-corrected chi connectivity index (χ1v) is 9.88. The molecule has 0 aliphatic carbocycles. The van der Waals surface area contributed by atoms with Crippen LogP contribution in [0.3, 0.4) is 0 Å². The monoisotopic (exact) mass is 380 g/mol. The number of pyridine rings is 1. The maximum Gasteiger partial charge on any atom is 0.298 e. The quantitative estimate of drug-likeness (QED) is 0.435. The zero-order chi connectivity index (χ0) is 19.4. The van der Waals surface area contributed by atoms with Gasteiger partial charge in [-0.25, -0.2) is 0 Å². The third kappa shape index (κ3) is 2.70. The van der Waals surface area contributed by atoms with E-state index in [1.165, 1.54) is 27.7 Å². The van der Waals surface area contributed by atoms with Crippen LogP contribution in [0.5, 0.6) is 0 Å². The molecule has 5 nitrogen and oxygen atoms in total. The van der Waals surface area contributed by atoms with Crippen molar-refractivity contribution in [3.8, 4) is 11.1 Å². The summed E-state index contributed by atoms with van der Waals surface area (Å²) in [6, 6.07) is 19.8. The molecule has 0 amide bonds. The lowest BCUT2D eigenvalue weighted by atomic mass is 10.0. The first-order chi connectivity index (χ1) is 14.2. The SMILES string of the molecule is Cn1ccc2cc(-c3ccc4oc(N5CCc6ncccc6C5)nc4c3)ccc21. The number of aryl methyl sites for hydroxylation is 1. The Morgan fingerprint density at radius 2 is 1.90 bits per heavy atom. The van der Waals surface area contributed by atoms with E-state index in [4.69, 9.17) is 9.40 Å². The average molecular weight is 380 g/mol. The Morgan fingerprint density at radius 3 is 2.86 bits per heavy atom. The third-order valence-electron chi connectivity index (χ3n) is 5.83. The summed E-state index contributed by atoms with van der Waals surface area (Å²) >= 11 is 0. The van der Waals surface area contributed by atoms with E-state index in [0.717, 1.165) is 36.2 Å². The van der Waals surface area contributed by atoms with Crippen LogP contribution in [0, 0.1) is 0 Å². The summed E-state index contributed by atoms with van der Waals surface area (Å²) in [5.41, 5.74) is 7.71. The van der Waals surface area contributed by atoms with Gasteiger partial charge in [-0.15, -0.1) is 0 Å². The minimum atomic E-state index is 0.685. The summed E-state index contributed by atoms with van der Waals surface area (Å²) in [4.78, 5) is 11.5. The van der Waals surface area contributed by atoms with Gasteiger partial charge in [-0.1, -0.05) is 18.2 Å². The lowest BCUT2D eigenvalue weighted by Gasteiger charge is -2.26. The van der Waals surface area contributed by atoms with Gasteiger partial charge in [0.1, 0.15) is 5.52 Å². The molecule has 3 aromatic heterocycles. The number of oxazole rings is 1. The average Bonchev–Trinajstić information content (AvgIpc) is 3.36. The largest absolute Gasteiger partial charge is 0.423 e. The number of hydrogen-bond acceptors (Lipinski definition) is 4. The number of anilines is 1. The Balaban J connectivity index is 1.35. The van der Waals surface area contributed by atoms with Crippen LogP contribution in [0.15, 0.2) is 71.4 Å². The summed E-state index contributed by atoms with van der Waals surface area (Å²) in [6.45, 7) is 1.65. The van der Waals surface area contributed by atoms with Crippen molar-refractivity contribution in [3.63, 3.8) is 0 Å². The van der Waals surface area contributed by atoms with Gasteiger partial charge in [0.15, 0.2) is 5.58 Å². The first kappa shape index (κ1) is 16.4. The Hall–Kier alpha value is -3.60. The number of hydrogen-bond donors (Lipinski definition) is 0. The number of benzene rings is 2. The van der Waals surface area contributed by atoms with Crippen molar-refractivity contribution in [3.05, 3.63) is 78.2 Å². The van der Waals surface area contributed by atoms with E-state index in [-0.39, 0.29) is 0 Å². The second-order valence-corrected chi connectivity index (χ2v) is 7.66. The standard InChI is InChI=1S/C24H20N4O/c1-27-11-8-18-13-16(4-6-22(18)27)17-5-7-23-21(14-17)26-24(29-23)28-12-9-20-19(15-28)3-2-10-25-20/h2-8,10-11,13-14H,9,12,15H2,1H3. The molecular weight excluding hydrogens is 360 g/mol. The van der Waals surface area contributed by atoms with Crippen LogP contribution >= 0.6 is 0 Å². The molecule has 2 aromatic carbocycles. The zero-order valence-electron chi connectivity index (χ0n) is 16.2. The molecule has 0 N–H and O–H groups in total. The minimum Gasteiger partial charge on any atom is -0.423 e. The molecular formula is C24H20N4O. The molecule has 142 valence electrons. The molecule has 0 unspecified atom stereocenters. The van der Waals surface area contributed by atoms with E-state index in [0.29, 0.717) is 6.01 Å². The van der Waals surface area contributed by atoms with Gasteiger partial charge in [0.05, 0.1) is 0 Å². The second kappa shape index (κ2) is 6.21. The Bertz CT molecular complexity index is 1360. The smallest absolute Gasteiger partial charge is 0.298 e. The summed E-state index contributed by atoms with van der Waals surface area (Å²) in [7, 11) is 2.07. The molecule has 1 aliphatic rings. The summed E-state index contributed by atoms with van der Waals surface area (Å²) in [6.07, 6.45) is 4.87. The van der Waals surface area contributed by atoms with E-state index in [2.05, 4.69) is 70.2 Å². The predicted molar refractivity (Wildman–Crippen MR) is 115 cm³/mol. The fraction of sp³-hybridized carbons (Fsp3) is 0.167. The third-order valence-corrected chi connectivity index (χ3v) is 5.83. The maximum absolute atomic E-state index is 6.08. The molecule has 6 rings (SSSR count). The number of fused-ring (bicyclic) bond motifs is 3. The van der Waals surface area contributed by atoms with E-state index in [1.54, 1.807) is 0 Å². The summed E-state index contributed by atoms with van der Waals surface area (Å²) in [5.74, 6) is 0. The van der Waals surface area contributed by atoms with Gasteiger partial charge in [0.25, 0.3) is 6.01 Å². The number of nitrogens with zero attached hydrogens (tertiary/aromatic N) is 4. The van der Waals surface area contributed by atoms with Gasteiger partial charge < -0.3 is 13.9 Å². The van der Waals surface area contributed by atoms with Gasteiger partial charge >= 0.3 is 0 Å². The highest BCUT2D eigenvalue weighted by molar-refractivity contribution is 5.88. The van der Waals surface area contributed by atoms with Crippen LogP contribution in [0.2, 0.25) is 0 Å². The minimum absolute atomic E-state index is 0.685. The molecule has 0 radical (unpaired) electrons. The highest BCUT2D eigenvalue weighted by atomic mass is 16.4. The molecule has 4 heterocycles. The molecule has 1 aliphatic heterocycles. The van der Waals surface area contributed by atoms with Gasteiger partial charge in [0, 0.05) is 55.5 Å². The van der Waals surface area contributed by atoms with E-state index < -0.39 is 0 Å². The van der Waals surface area contributed by atoms with Gasteiger partial charge in [0.2, 0.25) is 0 Å². The van der Waals surface area contributed by atoms with Gasteiger partial charge in [-0.3, -0.25) is 4.98 Å². The van der Waals surface area contributed by atoms with Crippen LogP contribution < -0.4 is 4.90 Å². The Kier molecular flexibility index (Phi) is 3.50. The lowest BCUT2D eigenvalue weighted by Crippen LogP contribution is -2.31. The van der Waals surface area contributed by atoms with Crippen LogP contribution in [0.25, 0.3) is 33.1 Å². The predicted octanol–water partition coefficient (Wildman–Crippen LogP) is 4.94. The molecule has 0 bridgehead atoms. The van der Waals surface area contributed by atoms with E-state index in [9.17, 15) is 0 Å². The van der Waals surface area contributed by atoms with E-state index >= 15 is 0 Å². The second-order valence-electron chi connectivity index (χ2n) is 7.66. The molecule has 0 saturated heterocycles. The Labute approximate surface area is 168 Å². The molecule has 0 fully saturated rings. The molecule has 0 spiro atoms. The number of rotatable bonds is 2. The van der Waals surface area contributed by atoms with Crippen LogP contribution in [-0.2, 0) is 20.0 Å². The highest BCUT2D eigenvalue weighted by Crippen LogP contribution is 2.31. The molecule has 29 heavy (non-hydrogen) atoms. The van der Waals surface area contributed by atoms with Gasteiger partial charge in [-0.05, 0) is 53.1 Å². The van der Waals surface area contributed by atoms with Crippen molar-refractivity contribution in [2.75, 3.05) is 11.4 Å². The Morgan fingerprint density at radius 1 is 1.00 bits per heavy atom. The normalized spacial score (nSPS) is 13.9. The van der Waals surface area contributed by atoms with Crippen molar-refractivity contribution in [1.29, 1.82) is 0 Å². The molecule has 5 aromatic rings. The van der Waals surface area contributed by atoms with Crippen molar-refractivity contribution >= 4 is 28.0 Å². The first-order valence-electron chi connectivity index (χ1n) is 9.88.